The van der Waals surface area contributed by atoms with Gasteiger partial charge in [-0.3, -0.25) is 9.59 Å². The van der Waals surface area contributed by atoms with Crippen molar-refractivity contribution in [3.8, 4) is 0 Å². The van der Waals surface area contributed by atoms with Crippen LogP contribution in [0.5, 0.6) is 0 Å². The maximum absolute atomic E-state index is 12.1. The SMILES string of the molecule is CN(CCCCN(C)C(=O)c1ccsc1)C(=O)c1ccsc1. The molecule has 0 radical (unpaired) electrons. The van der Waals surface area contributed by atoms with Crippen LogP contribution < -0.4 is 0 Å². The molecule has 2 amide bonds. The van der Waals surface area contributed by atoms with E-state index in [-0.39, 0.29) is 11.8 Å². The number of carbonyl (C=O) groups excluding carboxylic acids is 2. The third-order valence-electron chi connectivity index (χ3n) is 3.47. The predicted molar refractivity (Wildman–Crippen MR) is 91.8 cm³/mol. The zero-order valence-electron chi connectivity index (χ0n) is 12.8. The molecule has 2 aromatic rings. The summed E-state index contributed by atoms with van der Waals surface area (Å²) in [7, 11) is 3.64. The van der Waals surface area contributed by atoms with E-state index in [1.165, 1.54) is 22.7 Å². The van der Waals surface area contributed by atoms with E-state index in [0.717, 1.165) is 24.0 Å². The number of carbonyl (C=O) groups is 2. The zero-order valence-corrected chi connectivity index (χ0v) is 14.5. The van der Waals surface area contributed by atoms with E-state index in [2.05, 4.69) is 0 Å². The molecule has 0 unspecified atom stereocenters. The van der Waals surface area contributed by atoms with Gasteiger partial charge in [0.15, 0.2) is 0 Å². The molecule has 2 heterocycles. The number of hydrogen-bond donors (Lipinski definition) is 0. The van der Waals surface area contributed by atoms with Gasteiger partial charge in [0.2, 0.25) is 0 Å². The van der Waals surface area contributed by atoms with E-state index in [1.807, 2.05) is 47.7 Å². The van der Waals surface area contributed by atoms with E-state index in [9.17, 15) is 9.59 Å². The van der Waals surface area contributed by atoms with Crippen LogP contribution in [0.3, 0.4) is 0 Å². The van der Waals surface area contributed by atoms with Crippen LogP contribution in [0.2, 0.25) is 0 Å². The molecule has 2 rings (SSSR count). The van der Waals surface area contributed by atoms with Gasteiger partial charge < -0.3 is 9.80 Å². The molecule has 4 nitrogen and oxygen atoms in total. The van der Waals surface area contributed by atoms with Crippen molar-refractivity contribution in [1.82, 2.24) is 9.80 Å². The highest BCUT2D eigenvalue weighted by Gasteiger charge is 2.13. The molecule has 6 heteroatoms. The molecule has 0 atom stereocenters. The predicted octanol–water partition coefficient (Wildman–Crippen LogP) is 3.43. The molecule has 0 N–H and O–H groups in total. The molecule has 0 aromatic carbocycles. The van der Waals surface area contributed by atoms with Crippen molar-refractivity contribution in [3.05, 3.63) is 44.8 Å². The van der Waals surface area contributed by atoms with Gasteiger partial charge in [-0.05, 0) is 35.7 Å². The van der Waals surface area contributed by atoms with Crippen molar-refractivity contribution in [2.75, 3.05) is 27.2 Å². The van der Waals surface area contributed by atoms with Crippen molar-refractivity contribution < 1.29 is 9.59 Å². The number of unbranched alkanes of at least 4 members (excludes halogenated alkanes) is 1. The second-order valence-electron chi connectivity index (χ2n) is 5.18. The zero-order chi connectivity index (χ0) is 15.9. The Morgan fingerprint density at radius 2 is 1.27 bits per heavy atom. The Labute approximate surface area is 139 Å². The first-order valence-corrected chi connectivity index (χ1v) is 9.03. The maximum Gasteiger partial charge on any atom is 0.254 e. The molecular formula is C16H20N2O2S2. The highest BCUT2D eigenvalue weighted by atomic mass is 32.1. The molecule has 2 aromatic heterocycles. The van der Waals surface area contributed by atoms with Crippen LogP contribution in [-0.4, -0.2) is 48.8 Å². The van der Waals surface area contributed by atoms with Gasteiger partial charge in [0.1, 0.15) is 0 Å². The highest BCUT2D eigenvalue weighted by molar-refractivity contribution is 7.08. The number of rotatable bonds is 7. The lowest BCUT2D eigenvalue weighted by Crippen LogP contribution is -2.30. The fourth-order valence-corrected chi connectivity index (χ4v) is 3.37. The van der Waals surface area contributed by atoms with Gasteiger partial charge in [-0.1, -0.05) is 0 Å². The third-order valence-corrected chi connectivity index (χ3v) is 4.83. The van der Waals surface area contributed by atoms with Crippen molar-refractivity contribution in [1.29, 1.82) is 0 Å². The lowest BCUT2D eigenvalue weighted by atomic mass is 10.2. The van der Waals surface area contributed by atoms with Crippen LogP contribution >= 0.6 is 22.7 Å². The van der Waals surface area contributed by atoms with E-state index in [1.54, 1.807) is 9.80 Å². The van der Waals surface area contributed by atoms with Crippen molar-refractivity contribution in [2.45, 2.75) is 12.8 Å². The Kier molecular flexibility index (Phi) is 6.15. The first-order chi connectivity index (χ1) is 10.6. The molecule has 118 valence electrons. The molecule has 0 bridgehead atoms. The van der Waals surface area contributed by atoms with Crippen LogP contribution in [0.25, 0.3) is 0 Å². The van der Waals surface area contributed by atoms with Crippen LogP contribution in [0.15, 0.2) is 33.7 Å². The Hall–Kier alpha value is -1.66. The number of nitrogens with zero attached hydrogens (tertiary/aromatic N) is 2. The maximum atomic E-state index is 12.1. The molecule has 0 spiro atoms. The summed E-state index contributed by atoms with van der Waals surface area (Å²) in [6, 6.07) is 3.69. The second-order valence-corrected chi connectivity index (χ2v) is 6.74. The van der Waals surface area contributed by atoms with Crippen LogP contribution in [0.4, 0.5) is 0 Å². The smallest absolute Gasteiger partial charge is 0.254 e. The summed E-state index contributed by atoms with van der Waals surface area (Å²) in [5.41, 5.74) is 1.49. The summed E-state index contributed by atoms with van der Waals surface area (Å²) in [5.74, 6) is 0.118. The largest absolute Gasteiger partial charge is 0.342 e. The standard InChI is InChI=1S/C16H20N2O2S2/c1-17(15(19)13-5-9-21-11-13)7-3-4-8-18(2)16(20)14-6-10-22-12-14/h5-6,9-12H,3-4,7-8H2,1-2H3. The first kappa shape index (κ1) is 16.7. The topological polar surface area (TPSA) is 40.6 Å². The first-order valence-electron chi connectivity index (χ1n) is 7.15. The molecule has 22 heavy (non-hydrogen) atoms. The summed E-state index contributed by atoms with van der Waals surface area (Å²) in [6.07, 6.45) is 1.77. The van der Waals surface area contributed by atoms with Gasteiger partial charge in [0, 0.05) is 37.9 Å². The lowest BCUT2D eigenvalue weighted by molar-refractivity contribution is 0.0767. The van der Waals surface area contributed by atoms with E-state index in [0.29, 0.717) is 13.1 Å². The monoisotopic (exact) mass is 336 g/mol. The van der Waals surface area contributed by atoms with Crippen LogP contribution in [0.1, 0.15) is 33.6 Å². The summed E-state index contributed by atoms with van der Waals surface area (Å²) >= 11 is 3.06. The summed E-state index contributed by atoms with van der Waals surface area (Å²) in [6.45, 7) is 1.41. The Morgan fingerprint density at radius 3 is 1.59 bits per heavy atom. The molecule has 0 aliphatic carbocycles. The van der Waals surface area contributed by atoms with Crippen LogP contribution in [-0.2, 0) is 0 Å². The van der Waals surface area contributed by atoms with Gasteiger partial charge in [-0.15, -0.1) is 0 Å². The summed E-state index contributed by atoms with van der Waals surface area (Å²) in [4.78, 5) is 27.6. The molecule has 0 saturated carbocycles. The number of thiophene rings is 2. The van der Waals surface area contributed by atoms with Gasteiger partial charge in [-0.2, -0.15) is 22.7 Å². The molecule has 0 fully saturated rings. The van der Waals surface area contributed by atoms with Gasteiger partial charge >= 0.3 is 0 Å². The van der Waals surface area contributed by atoms with Crippen molar-refractivity contribution in [2.24, 2.45) is 0 Å². The van der Waals surface area contributed by atoms with E-state index >= 15 is 0 Å². The van der Waals surface area contributed by atoms with Crippen molar-refractivity contribution in [3.63, 3.8) is 0 Å². The number of hydrogen-bond acceptors (Lipinski definition) is 4. The molecule has 0 saturated heterocycles. The van der Waals surface area contributed by atoms with Gasteiger partial charge in [-0.25, -0.2) is 0 Å². The minimum absolute atomic E-state index is 0.0592. The highest BCUT2D eigenvalue weighted by Crippen LogP contribution is 2.11. The Balaban J connectivity index is 1.68. The molecule has 0 aliphatic rings. The Morgan fingerprint density at radius 1 is 0.864 bits per heavy atom. The second kappa shape index (κ2) is 8.10. The summed E-state index contributed by atoms with van der Waals surface area (Å²) < 4.78 is 0. The minimum Gasteiger partial charge on any atom is -0.342 e. The number of amides is 2. The normalized spacial score (nSPS) is 10.5. The van der Waals surface area contributed by atoms with Gasteiger partial charge in [0.05, 0.1) is 11.1 Å². The van der Waals surface area contributed by atoms with Crippen molar-refractivity contribution >= 4 is 34.5 Å². The minimum atomic E-state index is 0.0592. The Bertz CT molecular complexity index is 539. The average molecular weight is 336 g/mol. The third kappa shape index (κ3) is 4.42. The fourth-order valence-electron chi connectivity index (χ4n) is 2.11. The molecular weight excluding hydrogens is 316 g/mol. The van der Waals surface area contributed by atoms with E-state index in [4.69, 9.17) is 0 Å². The van der Waals surface area contributed by atoms with Crippen LogP contribution in [0, 0.1) is 0 Å². The quantitative estimate of drug-likeness (QED) is 0.727. The van der Waals surface area contributed by atoms with E-state index < -0.39 is 0 Å². The summed E-state index contributed by atoms with van der Waals surface area (Å²) in [5, 5.41) is 7.55. The van der Waals surface area contributed by atoms with Gasteiger partial charge in [0.25, 0.3) is 11.8 Å². The fraction of sp³-hybridized carbons (Fsp3) is 0.375. The average Bonchev–Trinajstić information content (AvgIpc) is 3.22. The molecule has 0 aliphatic heterocycles. The lowest BCUT2D eigenvalue weighted by Gasteiger charge is -2.19.